The van der Waals surface area contributed by atoms with Crippen LogP contribution in [0.5, 0.6) is 5.75 Å². The van der Waals surface area contributed by atoms with Gasteiger partial charge in [0.25, 0.3) is 11.7 Å². The van der Waals surface area contributed by atoms with Crippen molar-refractivity contribution in [2.75, 3.05) is 13.7 Å². The van der Waals surface area contributed by atoms with Gasteiger partial charge in [-0.1, -0.05) is 12.1 Å². The average Bonchev–Trinajstić information content (AvgIpc) is 2.99. The van der Waals surface area contributed by atoms with Crippen molar-refractivity contribution in [3.63, 3.8) is 0 Å². The molecule has 2 rings (SSSR count). The second-order valence-corrected chi connectivity index (χ2v) is 3.90. The van der Waals surface area contributed by atoms with Gasteiger partial charge in [0.05, 0.1) is 7.11 Å². The van der Waals surface area contributed by atoms with Gasteiger partial charge in [-0.3, -0.25) is 4.79 Å². The Morgan fingerprint density at radius 3 is 2.63 bits per heavy atom. The van der Waals surface area contributed by atoms with Crippen LogP contribution in [0.1, 0.15) is 23.1 Å². The number of carbonyl (C=O) groups excluding carboxylic acids is 1. The molecule has 0 fully saturated rings. The van der Waals surface area contributed by atoms with Gasteiger partial charge < -0.3 is 9.64 Å². The van der Waals surface area contributed by atoms with Gasteiger partial charge in [0.1, 0.15) is 5.75 Å². The lowest BCUT2D eigenvalue weighted by Gasteiger charge is -2.19. The third kappa shape index (κ3) is 3.06. The van der Waals surface area contributed by atoms with E-state index in [0.717, 1.165) is 11.3 Å². The van der Waals surface area contributed by atoms with Crippen LogP contribution in [-0.4, -0.2) is 45.1 Å². The summed E-state index contributed by atoms with van der Waals surface area (Å²) in [4.78, 5) is 13.7. The summed E-state index contributed by atoms with van der Waals surface area (Å²) in [5, 5.41) is 13.1. The molecular weight excluding hydrogens is 246 g/mol. The molecule has 0 aliphatic carbocycles. The zero-order valence-electron chi connectivity index (χ0n) is 10.8. The van der Waals surface area contributed by atoms with Crippen LogP contribution in [0.4, 0.5) is 0 Å². The van der Waals surface area contributed by atoms with E-state index < -0.39 is 0 Å². The van der Waals surface area contributed by atoms with Crippen LogP contribution in [0.2, 0.25) is 0 Å². The number of H-pyrrole nitrogens is 1. The monoisotopic (exact) mass is 261 g/mol. The lowest BCUT2D eigenvalue weighted by molar-refractivity contribution is 0.0740. The zero-order chi connectivity index (χ0) is 13.7. The van der Waals surface area contributed by atoms with Crippen LogP contribution in [0.15, 0.2) is 24.3 Å². The number of benzene rings is 1. The third-order valence-corrected chi connectivity index (χ3v) is 2.74. The third-order valence-electron chi connectivity index (χ3n) is 2.74. The number of hydrogen-bond donors (Lipinski definition) is 1. The quantitative estimate of drug-likeness (QED) is 0.863. The molecule has 0 bridgehead atoms. The fourth-order valence-electron chi connectivity index (χ4n) is 1.67. The number of rotatable bonds is 5. The number of amides is 1. The molecule has 1 N–H and O–H groups in total. The molecule has 0 saturated carbocycles. The molecule has 2 aromatic rings. The summed E-state index contributed by atoms with van der Waals surface area (Å²) in [5.41, 5.74) is 1.01. The number of ether oxygens (including phenoxy) is 1. The van der Waals surface area contributed by atoms with Crippen molar-refractivity contribution >= 4 is 5.91 Å². The Morgan fingerprint density at radius 2 is 2.11 bits per heavy atom. The lowest BCUT2D eigenvalue weighted by Crippen LogP contribution is -2.31. The number of nitrogens with zero attached hydrogens (tertiary/aromatic N) is 4. The molecule has 1 heterocycles. The molecule has 0 atom stereocenters. The van der Waals surface area contributed by atoms with E-state index >= 15 is 0 Å². The highest BCUT2D eigenvalue weighted by molar-refractivity contribution is 5.90. The van der Waals surface area contributed by atoms with E-state index in [1.54, 1.807) is 12.0 Å². The Morgan fingerprint density at radius 1 is 1.37 bits per heavy atom. The van der Waals surface area contributed by atoms with Crippen LogP contribution < -0.4 is 4.74 Å². The van der Waals surface area contributed by atoms with Crippen molar-refractivity contribution in [2.45, 2.75) is 13.5 Å². The number of aromatic nitrogens is 4. The zero-order valence-corrected chi connectivity index (χ0v) is 10.8. The summed E-state index contributed by atoms with van der Waals surface area (Å²) in [6, 6.07) is 7.57. The molecule has 19 heavy (non-hydrogen) atoms. The first-order valence-corrected chi connectivity index (χ1v) is 5.90. The summed E-state index contributed by atoms with van der Waals surface area (Å²) in [5.74, 6) is 0.624. The number of carbonyl (C=O) groups is 1. The minimum Gasteiger partial charge on any atom is -0.497 e. The molecule has 1 aromatic carbocycles. The molecule has 7 heteroatoms. The first-order chi connectivity index (χ1) is 9.24. The lowest BCUT2D eigenvalue weighted by atomic mass is 10.2. The van der Waals surface area contributed by atoms with E-state index in [1.807, 2.05) is 31.2 Å². The van der Waals surface area contributed by atoms with Gasteiger partial charge in [-0.05, 0) is 29.8 Å². The Balaban J connectivity index is 2.08. The minimum absolute atomic E-state index is 0.0790. The maximum absolute atomic E-state index is 12.1. The summed E-state index contributed by atoms with van der Waals surface area (Å²) in [6.07, 6.45) is 0. The Labute approximate surface area is 110 Å². The van der Waals surface area contributed by atoms with Crippen LogP contribution in [0.3, 0.4) is 0 Å². The fourth-order valence-corrected chi connectivity index (χ4v) is 1.67. The van der Waals surface area contributed by atoms with E-state index in [9.17, 15) is 4.79 Å². The summed E-state index contributed by atoms with van der Waals surface area (Å²) in [7, 11) is 1.62. The van der Waals surface area contributed by atoms with Gasteiger partial charge in [0.2, 0.25) is 0 Å². The number of tetrazole rings is 1. The molecule has 1 aromatic heterocycles. The van der Waals surface area contributed by atoms with Crippen LogP contribution >= 0.6 is 0 Å². The summed E-state index contributed by atoms with van der Waals surface area (Å²) >= 11 is 0. The average molecular weight is 261 g/mol. The second-order valence-electron chi connectivity index (χ2n) is 3.90. The Kier molecular flexibility index (Phi) is 4.07. The van der Waals surface area contributed by atoms with E-state index in [-0.39, 0.29) is 11.7 Å². The normalized spacial score (nSPS) is 10.2. The standard InChI is InChI=1S/C12H15N5O2/c1-3-17(12(18)11-13-15-16-14-11)8-9-4-6-10(19-2)7-5-9/h4-7H,3,8H2,1-2H3,(H,13,14,15,16). The fraction of sp³-hybridized carbons (Fsp3) is 0.333. The van der Waals surface area contributed by atoms with E-state index in [0.29, 0.717) is 13.1 Å². The Bertz CT molecular complexity index is 524. The van der Waals surface area contributed by atoms with Gasteiger partial charge in [-0.15, -0.1) is 10.2 Å². The molecule has 0 radical (unpaired) electrons. The van der Waals surface area contributed by atoms with Crippen LogP contribution in [0.25, 0.3) is 0 Å². The molecule has 7 nitrogen and oxygen atoms in total. The molecule has 0 spiro atoms. The van der Waals surface area contributed by atoms with Crippen molar-refractivity contribution in [3.8, 4) is 5.75 Å². The highest BCUT2D eigenvalue weighted by Crippen LogP contribution is 2.13. The van der Waals surface area contributed by atoms with Crippen molar-refractivity contribution in [3.05, 3.63) is 35.7 Å². The van der Waals surface area contributed by atoms with Crippen molar-refractivity contribution in [1.29, 1.82) is 0 Å². The predicted octanol–water partition coefficient (Wildman–Crippen LogP) is 0.871. The molecule has 1 amide bonds. The van der Waals surface area contributed by atoms with Crippen molar-refractivity contribution in [1.82, 2.24) is 25.5 Å². The molecule has 0 unspecified atom stereocenters. The maximum atomic E-state index is 12.1. The SMILES string of the molecule is CCN(Cc1ccc(OC)cc1)C(=O)c1nn[nH]n1. The molecule has 0 saturated heterocycles. The highest BCUT2D eigenvalue weighted by atomic mass is 16.5. The topological polar surface area (TPSA) is 84.0 Å². The smallest absolute Gasteiger partial charge is 0.295 e. The predicted molar refractivity (Wildman–Crippen MR) is 67.6 cm³/mol. The molecule has 0 aliphatic rings. The van der Waals surface area contributed by atoms with Crippen LogP contribution in [0, 0.1) is 0 Å². The van der Waals surface area contributed by atoms with Gasteiger partial charge in [0, 0.05) is 13.1 Å². The first kappa shape index (κ1) is 13.0. The van der Waals surface area contributed by atoms with E-state index in [1.165, 1.54) is 0 Å². The van der Waals surface area contributed by atoms with Gasteiger partial charge in [0.15, 0.2) is 0 Å². The van der Waals surface area contributed by atoms with Crippen LogP contribution in [-0.2, 0) is 6.54 Å². The van der Waals surface area contributed by atoms with Gasteiger partial charge in [-0.25, -0.2) is 0 Å². The largest absolute Gasteiger partial charge is 0.497 e. The number of nitrogens with one attached hydrogen (secondary N) is 1. The summed E-state index contributed by atoms with van der Waals surface area (Å²) in [6.45, 7) is 2.97. The second kappa shape index (κ2) is 5.94. The van der Waals surface area contributed by atoms with Gasteiger partial charge >= 0.3 is 0 Å². The first-order valence-electron chi connectivity index (χ1n) is 5.90. The molecule has 0 aliphatic heterocycles. The van der Waals surface area contributed by atoms with E-state index in [4.69, 9.17) is 4.74 Å². The summed E-state index contributed by atoms with van der Waals surface area (Å²) < 4.78 is 5.09. The maximum Gasteiger partial charge on any atom is 0.295 e. The molecular formula is C12H15N5O2. The van der Waals surface area contributed by atoms with Crippen molar-refractivity contribution in [2.24, 2.45) is 0 Å². The van der Waals surface area contributed by atoms with Crippen molar-refractivity contribution < 1.29 is 9.53 Å². The number of hydrogen-bond acceptors (Lipinski definition) is 5. The minimum atomic E-state index is -0.243. The van der Waals surface area contributed by atoms with E-state index in [2.05, 4.69) is 20.6 Å². The van der Waals surface area contributed by atoms with Gasteiger partial charge in [-0.2, -0.15) is 5.21 Å². The number of aromatic amines is 1. The Hall–Kier alpha value is -2.44. The molecule has 100 valence electrons. The highest BCUT2D eigenvalue weighted by Gasteiger charge is 2.18. The number of methoxy groups -OCH3 is 1.